The Labute approximate surface area is 137 Å². The molecule has 1 amide bonds. The van der Waals surface area contributed by atoms with E-state index in [0.29, 0.717) is 17.4 Å². The zero-order chi connectivity index (χ0) is 16.8. The van der Waals surface area contributed by atoms with Gasteiger partial charge in [-0.15, -0.1) is 0 Å². The summed E-state index contributed by atoms with van der Waals surface area (Å²) in [4.78, 5) is 12.3. The molecule has 122 valence electrons. The zero-order valence-corrected chi connectivity index (χ0v) is 14.1. The van der Waals surface area contributed by atoms with Crippen LogP contribution in [0.25, 0.3) is 0 Å². The van der Waals surface area contributed by atoms with Gasteiger partial charge in [0.05, 0.1) is 12.8 Å². The number of hydrogen-bond acceptors (Lipinski definition) is 3. The Balaban J connectivity index is 1.99. The Morgan fingerprint density at radius 1 is 1.00 bits per heavy atom. The average Bonchev–Trinajstić information content (AvgIpc) is 2.55. The molecular formula is C19H24N2O2. The number of methoxy groups -OCH3 is 1. The molecule has 4 nitrogen and oxygen atoms in total. The van der Waals surface area contributed by atoms with Gasteiger partial charge in [-0.05, 0) is 42.7 Å². The van der Waals surface area contributed by atoms with E-state index in [-0.39, 0.29) is 11.9 Å². The number of para-hydroxylation sites is 2. The highest BCUT2D eigenvalue weighted by atomic mass is 16.5. The lowest BCUT2D eigenvalue weighted by atomic mass is 10.0. The van der Waals surface area contributed by atoms with Crippen LogP contribution in [0, 0.1) is 0 Å². The van der Waals surface area contributed by atoms with Crippen LogP contribution in [0.5, 0.6) is 5.75 Å². The van der Waals surface area contributed by atoms with Crippen molar-refractivity contribution in [3.63, 3.8) is 0 Å². The third kappa shape index (κ3) is 4.49. The van der Waals surface area contributed by atoms with E-state index in [1.807, 2.05) is 43.3 Å². The summed E-state index contributed by atoms with van der Waals surface area (Å²) in [6.45, 7) is 6.15. The number of carbonyl (C=O) groups excluding carboxylic acids is 1. The molecule has 23 heavy (non-hydrogen) atoms. The number of benzene rings is 2. The summed E-state index contributed by atoms with van der Waals surface area (Å²) in [5, 5.41) is 6.10. The van der Waals surface area contributed by atoms with Crippen molar-refractivity contribution in [2.75, 3.05) is 17.7 Å². The molecule has 2 N–H and O–H groups in total. The molecule has 1 atom stereocenters. The lowest BCUT2D eigenvalue weighted by Gasteiger charge is -2.17. The second kappa shape index (κ2) is 7.68. The van der Waals surface area contributed by atoms with Gasteiger partial charge in [0.1, 0.15) is 11.8 Å². The number of anilines is 2. The SMILES string of the molecule is COc1ccccc1NC(=O)[C@@H](C)Nc1ccc(C(C)C)cc1. The van der Waals surface area contributed by atoms with E-state index >= 15 is 0 Å². The summed E-state index contributed by atoms with van der Waals surface area (Å²) in [5.41, 5.74) is 2.88. The number of ether oxygens (including phenoxy) is 1. The van der Waals surface area contributed by atoms with Gasteiger partial charge < -0.3 is 15.4 Å². The van der Waals surface area contributed by atoms with Crippen LogP contribution in [0.3, 0.4) is 0 Å². The van der Waals surface area contributed by atoms with Gasteiger partial charge in [-0.25, -0.2) is 0 Å². The first-order valence-corrected chi connectivity index (χ1v) is 7.81. The molecule has 0 aliphatic carbocycles. The molecule has 4 heteroatoms. The third-order valence-electron chi connectivity index (χ3n) is 3.72. The van der Waals surface area contributed by atoms with Crippen molar-refractivity contribution in [3.8, 4) is 5.75 Å². The van der Waals surface area contributed by atoms with Gasteiger partial charge in [0.15, 0.2) is 0 Å². The molecule has 0 aromatic heterocycles. The van der Waals surface area contributed by atoms with Crippen molar-refractivity contribution in [3.05, 3.63) is 54.1 Å². The quantitative estimate of drug-likeness (QED) is 0.838. The first kappa shape index (κ1) is 16.9. The fourth-order valence-electron chi connectivity index (χ4n) is 2.27. The number of rotatable bonds is 6. The molecule has 0 spiro atoms. The highest BCUT2D eigenvalue weighted by Gasteiger charge is 2.14. The van der Waals surface area contributed by atoms with Gasteiger partial charge in [-0.3, -0.25) is 4.79 Å². The standard InChI is InChI=1S/C19H24N2O2/c1-13(2)15-9-11-16(12-10-15)20-14(3)19(22)21-17-7-5-6-8-18(17)23-4/h5-14,20H,1-4H3,(H,21,22)/t14-/m1/s1. The van der Waals surface area contributed by atoms with E-state index in [4.69, 9.17) is 4.74 Å². The second-order valence-corrected chi connectivity index (χ2v) is 5.83. The van der Waals surface area contributed by atoms with Crippen molar-refractivity contribution < 1.29 is 9.53 Å². The van der Waals surface area contributed by atoms with E-state index in [1.54, 1.807) is 7.11 Å². The lowest BCUT2D eigenvalue weighted by Crippen LogP contribution is -2.31. The lowest BCUT2D eigenvalue weighted by molar-refractivity contribution is -0.116. The first-order valence-electron chi connectivity index (χ1n) is 7.81. The van der Waals surface area contributed by atoms with E-state index in [1.165, 1.54) is 5.56 Å². The Morgan fingerprint density at radius 3 is 2.26 bits per heavy atom. The summed E-state index contributed by atoms with van der Waals surface area (Å²) in [6.07, 6.45) is 0. The van der Waals surface area contributed by atoms with E-state index in [0.717, 1.165) is 5.69 Å². The van der Waals surface area contributed by atoms with E-state index in [2.05, 4.69) is 36.6 Å². The van der Waals surface area contributed by atoms with Crippen molar-refractivity contribution in [2.24, 2.45) is 0 Å². The maximum Gasteiger partial charge on any atom is 0.246 e. The van der Waals surface area contributed by atoms with E-state index < -0.39 is 0 Å². The molecule has 0 aliphatic rings. The van der Waals surface area contributed by atoms with Crippen LogP contribution in [0.2, 0.25) is 0 Å². The van der Waals surface area contributed by atoms with Gasteiger partial charge in [0.2, 0.25) is 5.91 Å². The molecule has 2 aromatic rings. The highest BCUT2D eigenvalue weighted by molar-refractivity contribution is 5.97. The summed E-state index contributed by atoms with van der Waals surface area (Å²) < 4.78 is 5.24. The van der Waals surface area contributed by atoms with Crippen molar-refractivity contribution in [2.45, 2.75) is 32.7 Å². The molecule has 0 fully saturated rings. The Morgan fingerprint density at radius 2 is 1.65 bits per heavy atom. The van der Waals surface area contributed by atoms with Gasteiger partial charge in [0, 0.05) is 5.69 Å². The van der Waals surface area contributed by atoms with Crippen LogP contribution in [-0.4, -0.2) is 19.1 Å². The van der Waals surface area contributed by atoms with Crippen LogP contribution in [0.15, 0.2) is 48.5 Å². The second-order valence-electron chi connectivity index (χ2n) is 5.83. The average molecular weight is 312 g/mol. The molecule has 0 radical (unpaired) electrons. The highest BCUT2D eigenvalue weighted by Crippen LogP contribution is 2.23. The first-order chi connectivity index (χ1) is 11.0. The molecule has 0 saturated carbocycles. The molecule has 0 unspecified atom stereocenters. The van der Waals surface area contributed by atoms with Gasteiger partial charge >= 0.3 is 0 Å². The Hall–Kier alpha value is -2.49. The predicted molar refractivity (Wildman–Crippen MR) is 95.2 cm³/mol. The fourth-order valence-corrected chi connectivity index (χ4v) is 2.27. The van der Waals surface area contributed by atoms with Gasteiger partial charge in [-0.2, -0.15) is 0 Å². The minimum absolute atomic E-state index is 0.109. The Bertz CT molecular complexity index is 651. The van der Waals surface area contributed by atoms with Crippen LogP contribution in [-0.2, 0) is 4.79 Å². The largest absolute Gasteiger partial charge is 0.495 e. The van der Waals surface area contributed by atoms with Crippen molar-refractivity contribution in [1.82, 2.24) is 0 Å². The van der Waals surface area contributed by atoms with Crippen molar-refractivity contribution >= 4 is 17.3 Å². The minimum Gasteiger partial charge on any atom is -0.495 e. The Kier molecular flexibility index (Phi) is 5.63. The number of hydrogen-bond donors (Lipinski definition) is 2. The smallest absolute Gasteiger partial charge is 0.246 e. The molecule has 0 bridgehead atoms. The topological polar surface area (TPSA) is 50.4 Å². The molecule has 2 rings (SSSR count). The normalized spacial score (nSPS) is 11.9. The monoisotopic (exact) mass is 312 g/mol. The molecular weight excluding hydrogens is 288 g/mol. The number of carbonyl (C=O) groups is 1. The van der Waals surface area contributed by atoms with Crippen LogP contribution in [0.1, 0.15) is 32.3 Å². The van der Waals surface area contributed by atoms with Gasteiger partial charge in [0.25, 0.3) is 0 Å². The predicted octanol–water partition coefficient (Wildman–Crippen LogP) is 4.26. The van der Waals surface area contributed by atoms with E-state index in [9.17, 15) is 4.79 Å². The molecule has 0 aliphatic heterocycles. The minimum atomic E-state index is -0.357. The van der Waals surface area contributed by atoms with Crippen LogP contribution >= 0.6 is 0 Å². The summed E-state index contributed by atoms with van der Waals surface area (Å²) in [7, 11) is 1.59. The van der Waals surface area contributed by atoms with Crippen LogP contribution in [0.4, 0.5) is 11.4 Å². The maximum absolute atomic E-state index is 12.3. The number of nitrogens with one attached hydrogen (secondary N) is 2. The summed E-state index contributed by atoms with van der Waals surface area (Å²) in [6, 6.07) is 15.2. The van der Waals surface area contributed by atoms with Crippen LogP contribution < -0.4 is 15.4 Å². The zero-order valence-electron chi connectivity index (χ0n) is 14.1. The summed E-state index contributed by atoms with van der Waals surface area (Å²) in [5.74, 6) is 1.03. The molecule has 2 aromatic carbocycles. The van der Waals surface area contributed by atoms with Gasteiger partial charge in [-0.1, -0.05) is 38.1 Å². The maximum atomic E-state index is 12.3. The third-order valence-corrected chi connectivity index (χ3v) is 3.72. The summed E-state index contributed by atoms with van der Waals surface area (Å²) >= 11 is 0. The van der Waals surface area contributed by atoms with Crippen molar-refractivity contribution in [1.29, 1.82) is 0 Å². The number of amides is 1. The molecule has 0 saturated heterocycles. The fraction of sp³-hybridized carbons (Fsp3) is 0.316. The molecule has 0 heterocycles.